The van der Waals surface area contributed by atoms with Gasteiger partial charge in [-0.15, -0.1) is 0 Å². The molecular weight excluding hydrogens is 452 g/mol. The van der Waals surface area contributed by atoms with E-state index >= 15 is 0 Å². The summed E-state index contributed by atoms with van der Waals surface area (Å²) in [6.07, 6.45) is 0.378. The summed E-state index contributed by atoms with van der Waals surface area (Å²) >= 11 is 0. The Morgan fingerprint density at radius 3 is 2.26 bits per heavy atom. The normalized spacial score (nSPS) is 14.3. The van der Waals surface area contributed by atoms with Crippen LogP contribution in [0.25, 0.3) is 0 Å². The van der Waals surface area contributed by atoms with Gasteiger partial charge in [-0.25, -0.2) is 17.9 Å². The van der Waals surface area contributed by atoms with Crippen LogP contribution < -0.4 is 10.0 Å². The van der Waals surface area contributed by atoms with Crippen molar-refractivity contribution in [2.45, 2.75) is 43.7 Å². The predicted octanol–water partition coefficient (Wildman–Crippen LogP) is 4.28. The molecule has 2 N–H and O–H groups in total. The van der Waals surface area contributed by atoms with Gasteiger partial charge < -0.3 is 10.1 Å². The Morgan fingerprint density at radius 1 is 0.941 bits per heavy atom. The molecule has 176 valence electrons. The van der Waals surface area contributed by atoms with Crippen molar-refractivity contribution in [1.82, 2.24) is 4.72 Å². The number of amides is 1. The molecule has 1 amide bonds. The topological polar surface area (TPSA) is 102 Å². The van der Waals surface area contributed by atoms with Crippen molar-refractivity contribution in [3.63, 3.8) is 0 Å². The number of carbonyl (C=O) groups is 2. The highest BCUT2D eigenvalue weighted by Crippen LogP contribution is 2.26. The number of hydrogen-bond donors (Lipinski definition) is 2. The van der Waals surface area contributed by atoms with Gasteiger partial charge in [0, 0.05) is 17.3 Å². The first-order valence-electron chi connectivity index (χ1n) is 11.0. The molecule has 1 aliphatic rings. The Labute approximate surface area is 199 Å². The van der Waals surface area contributed by atoms with Crippen LogP contribution in [0.1, 0.15) is 46.0 Å². The van der Waals surface area contributed by atoms with Crippen LogP contribution in [-0.2, 0) is 19.6 Å². The zero-order valence-corrected chi connectivity index (χ0v) is 19.8. The molecule has 7 nitrogen and oxygen atoms in total. The van der Waals surface area contributed by atoms with Crippen LogP contribution in [0.5, 0.6) is 0 Å². The molecule has 34 heavy (non-hydrogen) atoms. The molecule has 0 bridgehead atoms. The van der Waals surface area contributed by atoms with Gasteiger partial charge in [0.2, 0.25) is 16.1 Å². The van der Waals surface area contributed by atoms with Crippen molar-refractivity contribution >= 4 is 27.6 Å². The highest BCUT2D eigenvalue weighted by Gasteiger charge is 2.30. The second kappa shape index (κ2) is 9.79. The number of rotatable bonds is 8. The third kappa shape index (κ3) is 5.70. The van der Waals surface area contributed by atoms with Crippen molar-refractivity contribution < 1.29 is 22.7 Å². The SMILES string of the molecule is Cc1ccc(NC(=O)C(OC(=O)c2cc(S(=O)(=O)NC3CC3)ccc2C)c2ccccc2)cc1. The summed E-state index contributed by atoms with van der Waals surface area (Å²) < 4.78 is 33.5. The molecule has 8 heteroatoms. The molecule has 1 unspecified atom stereocenters. The molecule has 0 aromatic heterocycles. The highest BCUT2D eigenvalue weighted by molar-refractivity contribution is 7.89. The van der Waals surface area contributed by atoms with Gasteiger partial charge in [-0.05, 0) is 56.5 Å². The number of hydrogen-bond acceptors (Lipinski definition) is 5. The third-order valence-electron chi connectivity index (χ3n) is 5.52. The largest absolute Gasteiger partial charge is 0.444 e. The van der Waals surface area contributed by atoms with Crippen LogP contribution >= 0.6 is 0 Å². The lowest BCUT2D eigenvalue weighted by molar-refractivity contribution is -0.125. The van der Waals surface area contributed by atoms with Gasteiger partial charge in [0.05, 0.1) is 10.5 Å². The standard InChI is InChI=1S/C26H26N2O5S/c1-17-8-11-20(12-9-17)27-25(29)24(19-6-4-3-5-7-19)33-26(30)23-16-22(15-10-18(23)2)34(31,32)28-21-13-14-21/h3-12,15-16,21,24,28H,13-14H2,1-2H3,(H,27,29). The van der Waals surface area contributed by atoms with Crippen LogP contribution in [0.2, 0.25) is 0 Å². The van der Waals surface area contributed by atoms with Gasteiger partial charge in [0.15, 0.2) is 0 Å². The number of ether oxygens (including phenoxy) is 1. The molecule has 3 aromatic carbocycles. The number of sulfonamides is 1. The predicted molar refractivity (Wildman–Crippen MR) is 129 cm³/mol. The Morgan fingerprint density at radius 2 is 1.62 bits per heavy atom. The second-order valence-electron chi connectivity index (χ2n) is 8.42. The Hall–Kier alpha value is -3.49. The van der Waals surface area contributed by atoms with E-state index in [2.05, 4.69) is 10.0 Å². The number of benzene rings is 3. The fraction of sp³-hybridized carbons (Fsp3) is 0.231. The summed E-state index contributed by atoms with van der Waals surface area (Å²) in [6, 6.07) is 20.2. The van der Waals surface area contributed by atoms with Crippen LogP contribution in [0.4, 0.5) is 5.69 Å². The van der Waals surface area contributed by atoms with Gasteiger partial charge in [0.1, 0.15) is 0 Å². The molecular formula is C26H26N2O5S. The zero-order valence-electron chi connectivity index (χ0n) is 18.9. The second-order valence-corrected chi connectivity index (χ2v) is 10.1. The molecule has 1 saturated carbocycles. The molecule has 0 spiro atoms. The zero-order chi connectivity index (χ0) is 24.3. The summed E-state index contributed by atoms with van der Waals surface area (Å²) in [5.41, 5.74) is 2.75. The Bertz CT molecular complexity index is 1300. The average molecular weight is 479 g/mol. The van der Waals surface area contributed by atoms with Gasteiger partial charge in [-0.2, -0.15) is 0 Å². The minimum Gasteiger partial charge on any atom is -0.444 e. The molecule has 1 fully saturated rings. The summed E-state index contributed by atoms with van der Waals surface area (Å²) in [6.45, 7) is 3.63. The van der Waals surface area contributed by atoms with Gasteiger partial charge in [-0.3, -0.25) is 4.79 Å². The Kier molecular flexibility index (Phi) is 6.81. The quantitative estimate of drug-likeness (QED) is 0.471. The first-order chi connectivity index (χ1) is 16.2. The number of nitrogens with one attached hydrogen (secondary N) is 2. The lowest BCUT2D eigenvalue weighted by atomic mass is 10.1. The Balaban J connectivity index is 1.60. The fourth-order valence-electron chi connectivity index (χ4n) is 3.39. The third-order valence-corrected chi connectivity index (χ3v) is 7.04. The van der Waals surface area contributed by atoms with E-state index in [9.17, 15) is 18.0 Å². The molecule has 3 aromatic rings. The summed E-state index contributed by atoms with van der Waals surface area (Å²) in [7, 11) is -3.75. The number of aryl methyl sites for hydroxylation is 2. The van der Waals surface area contributed by atoms with Gasteiger partial charge >= 0.3 is 5.97 Å². The van der Waals surface area contributed by atoms with E-state index in [1.807, 2.05) is 19.1 Å². The van der Waals surface area contributed by atoms with Crippen LogP contribution in [0, 0.1) is 13.8 Å². The van der Waals surface area contributed by atoms with Crippen molar-refractivity contribution in [2.75, 3.05) is 5.32 Å². The molecule has 1 aliphatic carbocycles. The smallest absolute Gasteiger partial charge is 0.339 e. The van der Waals surface area contributed by atoms with Crippen LogP contribution in [0.15, 0.2) is 77.7 Å². The maximum Gasteiger partial charge on any atom is 0.339 e. The summed E-state index contributed by atoms with van der Waals surface area (Å²) in [5.74, 6) is -1.30. The number of anilines is 1. The molecule has 0 heterocycles. The van der Waals surface area contributed by atoms with Crippen molar-refractivity contribution in [3.8, 4) is 0 Å². The first-order valence-corrected chi connectivity index (χ1v) is 12.5. The average Bonchev–Trinajstić information content (AvgIpc) is 3.62. The summed E-state index contributed by atoms with van der Waals surface area (Å²) in [5, 5.41) is 2.78. The summed E-state index contributed by atoms with van der Waals surface area (Å²) in [4.78, 5) is 26.2. The van der Waals surface area contributed by atoms with Gasteiger partial charge in [-0.1, -0.05) is 54.1 Å². The van der Waals surface area contributed by atoms with Crippen LogP contribution in [-0.4, -0.2) is 26.3 Å². The number of carbonyl (C=O) groups excluding carboxylic acids is 2. The fourth-order valence-corrected chi connectivity index (χ4v) is 4.72. The van der Waals surface area contributed by atoms with E-state index in [1.165, 1.54) is 12.1 Å². The van der Waals surface area contributed by atoms with Crippen LogP contribution in [0.3, 0.4) is 0 Å². The van der Waals surface area contributed by atoms with Gasteiger partial charge in [0.25, 0.3) is 5.91 Å². The minimum absolute atomic E-state index is 0.0164. The van der Waals surface area contributed by atoms with E-state index < -0.39 is 28.0 Å². The maximum absolute atomic E-state index is 13.1. The van der Waals surface area contributed by atoms with E-state index in [4.69, 9.17) is 4.74 Å². The monoisotopic (exact) mass is 478 g/mol. The first kappa shape index (κ1) is 23.7. The van der Waals surface area contributed by atoms with E-state index in [1.54, 1.807) is 55.5 Å². The highest BCUT2D eigenvalue weighted by atomic mass is 32.2. The van der Waals surface area contributed by atoms with E-state index in [0.717, 1.165) is 18.4 Å². The van der Waals surface area contributed by atoms with E-state index in [0.29, 0.717) is 16.8 Å². The van der Waals surface area contributed by atoms with Crippen molar-refractivity contribution in [2.24, 2.45) is 0 Å². The molecule has 0 saturated heterocycles. The molecule has 4 rings (SSSR count). The van der Waals surface area contributed by atoms with Crippen molar-refractivity contribution in [3.05, 3.63) is 95.1 Å². The lowest BCUT2D eigenvalue weighted by Crippen LogP contribution is -2.27. The van der Waals surface area contributed by atoms with E-state index in [-0.39, 0.29) is 16.5 Å². The van der Waals surface area contributed by atoms with Crippen molar-refractivity contribution in [1.29, 1.82) is 0 Å². The minimum atomic E-state index is -3.75. The molecule has 0 aliphatic heterocycles. The maximum atomic E-state index is 13.1. The number of esters is 1. The lowest BCUT2D eigenvalue weighted by Gasteiger charge is -2.19. The molecule has 0 radical (unpaired) electrons. The molecule has 1 atom stereocenters.